The van der Waals surface area contributed by atoms with Crippen LogP contribution in [0.15, 0.2) is 18.5 Å². The number of carbonyl (C=O) groups excluding carboxylic acids is 1. The molecular formula is C12H13ClN2O3. The zero-order valence-electron chi connectivity index (χ0n) is 9.65. The highest BCUT2D eigenvalue weighted by atomic mass is 35.5. The number of hydrogen-bond donors (Lipinski definition) is 2. The number of carboxylic acids is 1. The molecule has 6 heteroatoms. The average molecular weight is 269 g/mol. The molecule has 1 amide bonds. The van der Waals surface area contributed by atoms with E-state index in [1.165, 1.54) is 18.5 Å². The molecule has 0 saturated heterocycles. The van der Waals surface area contributed by atoms with Gasteiger partial charge in [0, 0.05) is 12.4 Å². The Balaban J connectivity index is 2.21. The van der Waals surface area contributed by atoms with Crippen LogP contribution in [0.4, 0.5) is 0 Å². The van der Waals surface area contributed by atoms with Gasteiger partial charge in [0.2, 0.25) is 0 Å². The zero-order chi connectivity index (χ0) is 13.2. The minimum Gasteiger partial charge on any atom is -0.480 e. The number of carbonyl (C=O) groups is 2. The number of amides is 1. The molecule has 2 N–H and O–H groups in total. The Hall–Kier alpha value is -1.62. The molecule has 0 bridgehead atoms. The Bertz CT molecular complexity index is 484. The summed E-state index contributed by atoms with van der Waals surface area (Å²) in [5.74, 6) is -1.48. The highest BCUT2D eigenvalue weighted by Gasteiger charge is 2.42. The molecule has 1 saturated carbocycles. The molecule has 18 heavy (non-hydrogen) atoms. The van der Waals surface area contributed by atoms with Crippen LogP contribution in [0.1, 0.15) is 36.0 Å². The van der Waals surface area contributed by atoms with Crippen molar-refractivity contribution in [2.75, 3.05) is 0 Å². The maximum Gasteiger partial charge on any atom is 0.329 e. The van der Waals surface area contributed by atoms with Crippen LogP contribution in [-0.4, -0.2) is 27.5 Å². The second-order valence-corrected chi connectivity index (χ2v) is 4.81. The first kappa shape index (κ1) is 12.8. The lowest BCUT2D eigenvalue weighted by Crippen LogP contribution is -2.52. The normalized spacial score (nSPS) is 17.4. The SMILES string of the molecule is O=C(NC1(C(=O)O)CCCC1)c1cnccc1Cl. The molecule has 1 aromatic rings. The van der Waals surface area contributed by atoms with E-state index in [9.17, 15) is 14.7 Å². The fraction of sp³-hybridized carbons (Fsp3) is 0.417. The third kappa shape index (κ3) is 2.31. The molecule has 0 unspecified atom stereocenters. The van der Waals surface area contributed by atoms with Crippen molar-refractivity contribution >= 4 is 23.5 Å². The summed E-state index contributed by atoms with van der Waals surface area (Å²) in [5, 5.41) is 12.1. The molecule has 1 aliphatic carbocycles. The van der Waals surface area contributed by atoms with Gasteiger partial charge in [-0.05, 0) is 18.9 Å². The zero-order valence-corrected chi connectivity index (χ0v) is 10.4. The summed E-state index contributed by atoms with van der Waals surface area (Å²) >= 11 is 5.88. The van der Waals surface area contributed by atoms with Gasteiger partial charge in [-0.15, -0.1) is 0 Å². The Labute approximate surface area is 109 Å². The number of halogens is 1. The van der Waals surface area contributed by atoms with Crippen LogP contribution < -0.4 is 5.32 Å². The molecule has 0 radical (unpaired) electrons. The summed E-state index contributed by atoms with van der Waals surface area (Å²) in [6.07, 6.45) is 5.31. The molecule has 1 aliphatic rings. The predicted octanol–water partition coefficient (Wildman–Crippen LogP) is 1.86. The number of rotatable bonds is 3. The fourth-order valence-electron chi connectivity index (χ4n) is 2.20. The van der Waals surface area contributed by atoms with E-state index in [4.69, 9.17) is 11.6 Å². The van der Waals surface area contributed by atoms with E-state index in [0.717, 1.165) is 12.8 Å². The first-order chi connectivity index (χ1) is 8.55. The minimum atomic E-state index is -1.16. The summed E-state index contributed by atoms with van der Waals surface area (Å²) in [4.78, 5) is 27.2. The van der Waals surface area contributed by atoms with Crippen molar-refractivity contribution in [3.05, 3.63) is 29.0 Å². The lowest BCUT2D eigenvalue weighted by molar-refractivity contribution is -0.144. The van der Waals surface area contributed by atoms with Gasteiger partial charge in [-0.3, -0.25) is 9.78 Å². The van der Waals surface area contributed by atoms with Crippen LogP contribution in [0.5, 0.6) is 0 Å². The summed E-state index contributed by atoms with van der Waals surface area (Å²) in [6, 6.07) is 1.50. The number of aliphatic carboxylic acids is 1. The van der Waals surface area contributed by atoms with Gasteiger partial charge >= 0.3 is 5.97 Å². The maximum atomic E-state index is 12.0. The molecule has 0 aromatic carbocycles. The molecule has 1 aromatic heterocycles. The van der Waals surface area contributed by atoms with Crippen LogP contribution in [0, 0.1) is 0 Å². The third-order valence-electron chi connectivity index (χ3n) is 3.23. The van der Waals surface area contributed by atoms with Gasteiger partial charge in [-0.1, -0.05) is 24.4 Å². The van der Waals surface area contributed by atoms with E-state index in [1.54, 1.807) is 0 Å². The van der Waals surface area contributed by atoms with Crippen molar-refractivity contribution < 1.29 is 14.7 Å². The van der Waals surface area contributed by atoms with Crippen molar-refractivity contribution in [2.45, 2.75) is 31.2 Å². The monoisotopic (exact) mass is 268 g/mol. The fourth-order valence-corrected chi connectivity index (χ4v) is 2.39. The van der Waals surface area contributed by atoms with E-state index in [1.807, 2.05) is 0 Å². The molecule has 0 atom stereocenters. The quantitative estimate of drug-likeness (QED) is 0.877. The smallest absolute Gasteiger partial charge is 0.329 e. The van der Waals surface area contributed by atoms with Gasteiger partial charge in [0.1, 0.15) is 5.54 Å². The Morgan fingerprint density at radius 3 is 2.61 bits per heavy atom. The molecule has 0 aliphatic heterocycles. The largest absolute Gasteiger partial charge is 0.480 e. The summed E-state index contributed by atoms with van der Waals surface area (Å²) in [6.45, 7) is 0. The minimum absolute atomic E-state index is 0.201. The molecule has 1 fully saturated rings. The van der Waals surface area contributed by atoms with E-state index >= 15 is 0 Å². The van der Waals surface area contributed by atoms with Crippen LogP contribution in [0.25, 0.3) is 0 Å². The van der Waals surface area contributed by atoms with E-state index in [0.29, 0.717) is 12.8 Å². The highest BCUT2D eigenvalue weighted by molar-refractivity contribution is 6.33. The van der Waals surface area contributed by atoms with Gasteiger partial charge < -0.3 is 10.4 Å². The highest BCUT2D eigenvalue weighted by Crippen LogP contribution is 2.30. The summed E-state index contributed by atoms with van der Waals surface area (Å²) < 4.78 is 0. The molecule has 2 rings (SSSR count). The number of carboxylic acid groups (broad SMARTS) is 1. The lowest BCUT2D eigenvalue weighted by Gasteiger charge is -2.25. The number of nitrogens with one attached hydrogen (secondary N) is 1. The Morgan fingerprint density at radius 2 is 2.06 bits per heavy atom. The molecule has 96 valence electrons. The Kier molecular flexibility index (Phi) is 3.52. The first-order valence-electron chi connectivity index (χ1n) is 5.71. The van der Waals surface area contributed by atoms with Gasteiger partial charge in [-0.25, -0.2) is 4.79 Å². The van der Waals surface area contributed by atoms with E-state index < -0.39 is 17.4 Å². The summed E-state index contributed by atoms with van der Waals surface area (Å²) in [5.41, 5.74) is -0.956. The van der Waals surface area contributed by atoms with Crippen LogP contribution in [-0.2, 0) is 4.79 Å². The van der Waals surface area contributed by atoms with Crippen LogP contribution in [0.2, 0.25) is 5.02 Å². The second kappa shape index (κ2) is 4.94. The van der Waals surface area contributed by atoms with Crippen molar-refractivity contribution in [3.8, 4) is 0 Å². The molecule has 0 spiro atoms. The van der Waals surface area contributed by atoms with Crippen molar-refractivity contribution in [1.82, 2.24) is 10.3 Å². The number of pyridine rings is 1. The first-order valence-corrected chi connectivity index (χ1v) is 6.08. The van der Waals surface area contributed by atoms with Gasteiger partial charge in [0.15, 0.2) is 0 Å². The summed E-state index contributed by atoms with van der Waals surface area (Å²) in [7, 11) is 0. The number of hydrogen-bond acceptors (Lipinski definition) is 3. The van der Waals surface area contributed by atoms with Crippen molar-refractivity contribution in [1.29, 1.82) is 0 Å². The molecular weight excluding hydrogens is 256 g/mol. The second-order valence-electron chi connectivity index (χ2n) is 4.40. The van der Waals surface area contributed by atoms with E-state index in [2.05, 4.69) is 10.3 Å². The lowest BCUT2D eigenvalue weighted by atomic mass is 9.97. The van der Waals surface area contributed by atoms with Gasteiger partial charge in [-0.2, -0.15) is 0 Å². The number of nitrogens with zero attached hydrogens (tertiary/aromatic N) is 1. The number of aromatic nitrogens is 1. The standard InChI is InChI=1S/C12H13ClN2O3/c13-9-3-6-14-7-8(9)10(16)15-12(11(17)18)4-1-2-5-12/h3,6-7H,1-2,4-5H2,(H,15,16)(H,17,18). The maximum absolute atomic E-state index is 12.0. The van der Waals surface area contributed by atoms with Gasteiger partial charge in [0.25, 0.3) is 5.91 Å². The van der Waals surface area contributed by atoms with Gasteiger partial charge in [0.05, 0.1) is 10.6 Å². The van der Waals surface area contributed by atoms with Crippen LogP contribution in [0.3, 0.4) is 0 Å². The predicted molar refractivity (Wildman–Crippen MR) is 65.5 cm³/mol. The topological polar surface area (TPSA) is 79.3 Å². The Morgan fingerprint density at radius 1 is 1.39 bits per heavy atom. The van der Waals surface area contributed by atoms with E-state index in [-0.39, 0.29) is 10.6 Å². The van der Waals surface area contributed by atoms with Crippen molar-refractivity contribution in [2.24, 2.45) is 0 Å². The third-order valence-corrected chi connectivity index (χ3v) is 3.56. The van der Waals surface area contributed by atoms with Crippen LogP contribution >= 0.6 is 11.6 Å². The average Bonchev–Trinajstić information content (AvgIpc) is 2.79. The van der Waals surface area contributed by atoms with Crippen molar-refractivity contribution in [3.63, 3.8) is 0 Å². The molecule has 1 heterocycles. The molecule has 5 nitrogen and oxygen atoms in total.